The van der Waals surface area contributed by atoms with E-state index in [1.165, 1.54) is 19.8 Å². The number of carbonyl (C=O) groups is 4. The standard InChI is InChI=1S/C43H54N8O6/c1-24(2)35(48-42(54)56-5)40(52)50-20-8-12-33(50)38-44-30-19-17-27(23-32(30)46-38)15-14-26-16-18-29-28(22-26)10-7-11-31-37(29)47-39(45-31)34-13-9-21-51(34)41(53)36(25(3)4)49-43(55)57-6/h16-19,22-25,30,32-36H,7-13,20-21H2,1-6H3,(H,44,46)(H,45,47)(H,48,54)(H,49,55)/t30?,32?,33?,34?,35-,36-/m0/s1. The number of fused-ring (bicyclic) bond motifs is 4. The van der Waals surface area contributed by atoms with E-state index in [0.29, 0.717) is 13.1 Å². The molecule has 3 aliphatic heterocycles. The first-order valence-corrected chi connectivity index (χ1v) is 20.2. The predicted octanol–water partition coefficient (Wildman–Crippen LogP) is 4.57. The number of allylic oxidation sites excluding steroid dienone is 2. The van der Waals surface area contributed by atoms with Crippen molar-refractivity contribution in [2.75, 3.05) is 27.3 Å². The van der Waals surface area contributed by atoms with Gasteiger partial charge < -0.3 is 40.2 Å². The molecule has 0 radical (unpaired) electrons. The first-order chi connectivity index (χ1) is 27.4. The number of carbonyl (C=O) groups excluding carboxylic acids is 4. The van der Waals surface area contributed by atoms with E-state index in [2.05, 4.69) is 57.1 Å². The van der Waals surface area contributed by atoms with Crippen LogP contribution in [0.3, 0.4) is 0 Å². The molecular weight excluding hydrogens is 725 g/mol. The molecule has 2 aromatic rings. The van der Waals surface area contributed by atoms with Gasteiger partial charge in [0.05, 0.1) is 44.1 Å². The van der Waals surface area contributed by atoms with E-state index < -0.39 is 24.3 Å². The molecule has 14 heteroatoms. The van der Waals surface area contributed by atoms with Gasteiger partial charge in [-0.1, -0.05) is 51.7 Å². The van der Waals surface area contributed by atoms with Crippen LogP contribution in [0, 0.1) is 23.7 Å². The second-order valence-corrected chi connectivity index (χ2v) is 16.2. The van der Waals surface area contributed by atoms with Gasteiger partial charge in [-0.05, 0) is 86.6 Å². The minimum absolute atomic E-state index is 0.0632. The number of nitrogens with zero attached hydrogens (tertiary/aromatic N) is 4. The lowest BCUT2D eigenvalue weighted by atomic mass is 9.98. The predicted molar refractivity (Wildman–Crippen MR) is 215 cm³/mol. The van der Waals surface area contributed by atoms with Gasteiger partial charge >= 0.3 is 12.2 Å². The average molecular weight is 779 g/mol. The lowest BCUT2D eigenvalue weighted by Crippen LogP contribution is -2.55. The van der Waals surface area contributed by atoms with Crippen LogP contribution in [0.2, 0.25) is 0 Å². The first kappa shape index (κ1) is 39.6. The summed E-state index contributed by atoms with van der Waals surface area (Å²) in [5.74, 6) is 7.87. The number of hydrogen-bond donors (Lipinski definition) is 4. The number of hydrogen-bond acceptors (Lipinski definition) is 9. The van der Waals surface area contributed by atoms with E-state index in [9.17, 15) is 19.2 Å². The van der Waals surface area contributed by atoms with Gasteiger partial charge in [-0.15, -0.1) is 0 Å². The summed E-state index contributed by atoms with van der Waals surface area (Å²) < 4.78 is 9.57. The van der Waals surface area contributed by atoms with Gasteiger partial charge in [0.1, 0.15) is 23.7 Å². The van der Waals surface area contributed by atoms with Crippen LogP contribution in [0.25, 0.3) is 11.3 Å². The van der Waals surface area contributed by atoms with Crippen LogP contribution in [0.4, 0.5) is 9.59 Å². The van der Waals surface area contributed by atoms with Crippen molar-refractivity contribution >= 4 is 29.8 Å². The Labute approximate surface area is 334 Å². The van der Waals surface area contributed by atoms with Crippen LogP contribution < -0.4 is 16.0 Å². The van der Waals surface area contributed by atoms with E-state index in [0.717, 1.165) is 84.7 Å². The van der Waals surface area contributed by atoms with Gasteiger partial charge in [0.2, 0.25) is 11.8 Å². The smallest absolute Gasteiger partial charge is 0.407 e. The molecule has 4 unspecified atom stereocenters. The van der Waals surface area contributed by atoms with Crippen LogP contribution in [-0.2, 0) is 31.9 Å². The lowest BCUT2D eigenvalue weighted by Gasteiger charge is -2.31. The Morgan fingerprint density at radius 2 is 1.51 bits per heavy atom. The molecule has 6 atom stereocenters. The zero-order valence-corrected chi connectivity index (χ0v) is 33.7. The summed E-state index contributed by atoms with van der Waals surface area (Å²) in [6, 6.07) is 4.43. The summed E-state index contributed by atoms with van der Waals surface area (Å²) in [5, 5.41) is 9.01. The van der Waals surface area contributed by atoms with E-state index >= 15 is 0 Å². The highest BCUT2D eigenvalue weighted by Gasteiger charge is 2.41. The molecule has 1 aromatic carbocycles. The Bertz CT molecular complexity index is 2060. The van der Waals surface area contributed by atoms with Crippen molar-refractivity contribution in [1.82, 2.24) is 35.7 Å². The summed E-state index contributed by atoms with van der Waals surface area (Å²) in [4.78, 5) is 68.8. The highest BCUT2D eigenvalue weighted by molar-refractivity contribution is 5.96. The van der Waals surface area contributed by atoms with Gasteiger partial charge in [-0.25, -0.2) is 14.6 Å². The summed E-state index contributed by atoms with van der Waals surface area (Å²) in [6.45, 7) is 8.86. The number of H-pyrrole nitrogens is 1. The zero-order chi connectivity index (χ0) is 40.4. The third-order valence-electron chi connectivity index (χ3n) is 11.7. The maximum Gasteiger partial charge on any atom is 0.407 e. The van der Waals surface area contributed by atoms with E-state index in [1.807, 2.05) is 49.6 Å². The number of imidazole rings is 1. The molecule has 0 saturated carbocycles. The zero-order valence-electron chi connectivity index (χ0n) is 33.7. The SMILES string of the molecule is COC(=O)N[C@H](C(=O)N1CCCC1C1=NC2C=CC(C#Cc3ccc4c(c3)CCCc3[nH]c(C5CCCN5C(=O)[C@@H](NC(=O)OC)C(C)C)nc3-4)=CC2N1)C(C)C. The molecule has 302 valence electrons. The largest absolute Gasteiger partial charge is 0.453 e. The monoisotopic (exact) mass is 778 g/mol. The number of benzene rings is 1. The van der Waals surface area contributed by atoms with E-state index in [-0.39, 0.29) is 47.8 Å². The third-order valence-corrected chi connectivity index (χ3v) is 11.7. The number of likely N-dealkylation sites (tertiary alicyclic amines) is 2. The summed E-state index contributed by atoms with van der Waals surface area (Å²) in [5.41, 5.74) is 6.10. The fourth-order valence-corrected chi connectivity index (χ4v) is 8.64. The molecule has 7 rings (SSSR count). The lowest BCUT2D eigenvalue weighted by molar-refractivity contribution is -0.135. The second-order valence-electron chi connectivity index (χ2n) is 16.2. The molecule has 1 aromatic heterocycles. The summed E-state index contributed by atoms with van der Waals surface area (Å²) in [7, 11) is 2.59. The van der Waals surface area contributed by atoms with Crippen molar-refractivity contribution in [1.29, 1.82) is 0 Å². The summed E-state index contributed by atoms with van der Waals surface area (Å²) in [6.07, 6.45) is 11.0. The third kappa shape index (κ3) is 8.29. The molecule has 0 bridgehead atoms. The molecule has 4 amide bonds. The summed E-state index contributed by atoms with van der Waals surface area (Å²) >= 11 is 0. The van der Waals surface area contributed by atoms with Crippen molar-refractivity contribution < 1.29 is 28.7 Å². The van der Waals surface area contributed by atoms with E-state index in [1.54, 1.807) is 0 Å². The highest BCUT2D eigenvalue weighted by Crippen LogP contribution is 2.37. The molecule has 14 nitrogen and oxygen atoms in total. The maximum atomic E-state index is 13.7. The Balaban J connectivity index is 1.03. The number of ether oxygens (including phenoxy) is 2. The van der Waals surface area contributed by atoms with Crippen molar-refractivity contribution in [3.05, 3.63) is 64.6 Å². The van der Waals surface area contributed by atoms with Crippen molar-refractivity contribution in [2.45, 2.75) is 109 Å². The quantitative estimate of drug-likeness (QED) is 0.283. The molecular formula is C43H54N8O6. The minimum Gasteiger partial charge on any atom is -0.453 e. The van der Waals surface area contributed by atoms with E-state index in [4.69, 9.17) is 19.5 Å². The molecule has 2 saturated heterocycles. The normalized spacial score (nSPS) is 23.2. The minimum atomic E-state index is -0.686. The van der Waals surface area contributed by atoms with Crippen LogP contribution in [0.5, 0.6) is 0 Å². The Kier molecular flexibility index (Phi) is 11.7. The molecule has 5 aliphatic rings. The van der Waals surface area contributed by atoms with Crippen molar-refractivity contribution in [3.63, 3.8) is 0 Å². The number of amides is 4. The van der Waals surface area contributed by atoms with Crippen LogP contribution in [0.1, 0.15) is 88.5 Å². The van der Waals surface area contributed by atoms with Gasteiger partial charge in [0.25, 0.3) is 0 Å². The Morgan fingerprint density at radius 1 is 0.860 bits per heavy atom. The topological polar surface area (TPSA) is 170 Å². The number of aromatic amines is 1. The average Bonchev–Trinajstić information content (AvgIpc) is 4.02. The van der Waals surface area contributed by atoms with Crippen molar-refractivity contribution in [2.24, 2.45) is 16.8 Å². The number of alkyl carbamates (subject to hydrolysis) is 2. The van der Waals surface area contributed by atoms with Gasteiger partial charge in [-0.2, -0.15) is 0 Å². The fourth-order valence-electron chi connectivity index (χ4n) is 8.64. The fraction of sp³-hybridized carbons (Fsp3) is 0.535. The van der Waals surface area contributed by atoms with Crippen LogP contribution in [-0.4, -0.2) is 107 Å². The van der Waals surface area contributed by atoms with Crippen molar-refractivity contribution in [3.8, 4) is 23.1 Å². The Morgan fingerprint density at radius 3 is 2.16 bits per heavy atom. The number of nitrogens with one attached hydrogen (secondary N) is 4. The molecule has 0 spiro atoms. The first-order valence-electron chi connectivity index (χ1n) is 20.2. The number of aliphatic imine (C=N–C) groups is 1. The maximum absolute atomic E-state index is 13.7. The molecule has 2 aliphatic carbocycles. The van der Waals surface area contributed by atoms with Gasteiger partial charge in [0.15, 0.2) is 0 Å². The van der Waals surface area contributed by atoms with Gasteiger partial charge in [-0.3, -0.25) is 14.6 Å². The van der Waals surface area contributed by atoms with Crippen LogP contribution >= 0.6 is 0 Å². The number of amidine groups is 1. The second kappa shape index (κ2) is 16.9. The number of rotatable bonds is 8. The van der Waals surface area contributed by atoms with Crippen LogP contribution in [0.15, 0.2) is 47.0 Å². The molecule has 2 fully saturated rings. The van der Waals surface area contributed by atoms with Gasteiger partial charge in [0, 0.05) is 35.5 Å². The molecule has 57 heavy (non-hydrogen) atoms. The number of aromatic nitrogens is 2. The number of aryl methyl sites for hydroxylation is 2. The Hall–Kier alpha value is -5.58. The molecule has 4 N–H and O–H groups in total. The number of methoxy groups -OCH3 is 2. The highest BCUT2D eigenvalue weighted by atomic mass is 16.5. The molecule has 4 heterocycles.